The smallest absolute Gasteiger partial charge is 0.188 e. The summed E-state index contributed by atoms with van der Waals surface area (Å²) in [5, 5.41) is 1.94. The molecule has 0 N–H and O–H groups in total. The van der Waals surface area contributed by atoms with Crippen LogP contribution in [0.5, 0.6) is 0 Å². The predicted molar refractivity (Wildman–Crippen MR) is 194 cm³/mol. The van der Waals surface area contributed by atoms with Gasteiger partial charge in [0.1, 0.15) is 11.6 Å². The Labute approximate surface area is 282 Å². The number of anilines is 3. The van der Waals surface area contributed by atoms with Gasteiger partial charge in [0, 0.05) is 17.8 Å². The highest BCUT2D eigenvalue weighted by atomic mass is 15.2. The van der Waals surface area contributed by atoms with Gasteiger partial charge in [0.15, 0.2) is 11.4 Å². The van der Waals surface area contributed by atoms with Crippen LogP contribution in [0.3, 0.4) is 0 Å². The van der Waals surface area contributed by atoms with Gasteiger partial charge in [0.05, 0.1) is 41.0 Å². The topological polar surface area (TPSA) is 42.7 Å². The van der Waals surface area contributed by atoms with Crippen LogP contribution in [-0.4, -0.2) is 14.5 Å². The van der Waals surface area contributed by atoms with Crippen molar-refractivity contribution in [2.45, 2.75) is 5.41 Å². The number of hydrogen-bond donors (Lipinski definition) is 0. The van der Waals surface area contributed by atoms with E-state index < -0.39 is 5.41 Å². The third-order valence-electron chi connectivity index (χ3n) is 10.1. The van der Waals surface area contributed by atoms with Gasteiger partial charge in [-0.25, -0.2) is 14.7 Å². The summed E-state index contributed by atoms with van der Waals surface area (Å²) in [5.41, 5.74) is 11.6. The van der Waals surface area contributed by atoms with E-state index in [4.69, 9.17) is 18.1 Å². The summed E-state index contributed by atoms with van der Waals surface area (Å²) in [7, 11) is 0. The summed E-state index contributed by atoms with van der Waals surface area (Å²) in [6, 6.07) is 45.9. The van der Waals surface area contributed by atoms with Crippen LogP contribution in [0.15, 0.2) is 146 Å². The molecular weight excluding hydrogens is 601 g/mol. The van der Waals surface area contributed by atoms with Crippen molar-refractivity contribution in [1.82, 2.24) is 14.5 Å². The fourth-order valence-corrected chi connectivity index (χ4v) is 8.24. The van der Waals surface area contributed by atoms with E-state index in [-0.39, 0.29) is 0 Å². The fourth-order valence-electron chi connectivity index (χ4n) is 8.24. The van der Waals surface area contributed by atoms with Crippen LogP contribution in [0.4, 0.5) is 28.6 Å². The number of hydrogen-bond acceptors (Lipinski definition) is 3. The molecule has 0 atom stereocenters. The second-order valence-corrected chi connectivity index (χ2v) is 12.4. The van der Waals surface area contributed by atoms with Crippen LogP contribution in [-0.2, 0) is 5.41 Å². The van der Waals surface area contributed by atoms with Gasteiger partial charge in [-0.3, -0.25) is 14.5 Å². The zero-order valence-corrected chi connectivity index (χ0v) is 26.0. The largest absolute Gasteiger partial charge is 0.294 e. The minimum absolute atomic E-state index is 0.589. The summed E-state index contributed by atoms with van der Waals surface area (Å²) >= 11 is 0. The Morgan fingerprint density at radius 1 is 0.531 bits per heavy atom. The maximum Gasteiger partial charge on any atom is 0.188 e. The molecule has 8 aromatic rings. The average molecular weight is 625 g/mol. The van der Waals surface area contributed by atoms with E-state index in [1.54, 1.807) is 6.20 Å². The highest BCUT2D eigenvalue weighted by Gasteiger charge is 2.51. The summed E-state index contributed by atoms with van der Waals surface area (Å²) in [6.45, 7) is 15.5. The molecule has 1 aliphatic heterocycles. The zero-order chi connectivity index (χ0) is 32.7. The lowest BCUT2D eigenvalue weighted by Crippen LogP contribution is -2.36. The van der Waals surface area contributed by atoms with E-state index >= 15 is 0 Å². The predicted octanol–water partition coefficient (Wildman–Crippen LogP) is 10.8. The lowest BCUT2D eigenvalue weighted by atomic mass is 9.64. The number of aromatic nitrogens is 3. The lowest BCUT2D eigenvalue weighted by molar-refractivity contribution is 0.751. The van der Waals surface area contributed by atoms with Gasteiger partial charge in [-0.05, 0) is 81.2 Å². The molecule has 0 amide bonds. The number of pyridine rings is 2. The Bertz CT molecular complexity index is 2730. The summed E-state index contributed by atoms with van der Waals surface area (Å²) in [4.78, 5) is 19.6. The fraction of sp³-hybridized carbons (Fsp3) is 0.0233. The number of para-hydroxylation sites is 2. The van der Waals surface area contributed by atoms with E-state index in [0.717, 1.165) is 67.1 Å². The van der Waals surface area contributed by atoms with Crippen molar-refractivity contribution in [1.29, 1.82) is 0 Å². The molecule has 4 heterocycles. The van der Waals surface area contributed by atoms with E-state index in [1.807, 2.05) is 42.6 Å². The second-order valence-electron chi connectivity index (χ2n) is 12.4. The first-order valence-corrected chi connectivity index (χ1v) is 16.1. The first-order valence-electron chi connectivity index (χ1n) is 16.1. The lowest BCUT2D eigenvalue weighted by Gasteiger charge is -2.44. The quantitative estimate of drug-likeness (QED) is 0.180. The third-order valence-corrected chi connectivity index (χ3v) is 10.1. The summed E-state index contributed by atoms with van der Waals surface area (Å²) in [6.07, 6.45) is 3.66. The number of fused-ring (bicyclic) bond motifs is 12. The van der Waals surface area contributed by atoms with Gasteiger partial charge < -0.3 is 0 Å². The molecule has 1 spiro atoms. The normalized spacial score (nSPS) is 13.4. The van der Waals surface area contributed by atoms with Crippen molar-refractivity contribution < 1.29 is 0 Å². The average Bonchev–Trinajstić information content (AvgIpc) is 3.65. The van der Waals surface area contributed by atoms with Crippen LogP contribution in [0, 0.1) is 13.1 Å². The Hall–Kier alpha value is -7.02. The Morgan fingerprint density at radius 3 is 1.94 bits per heavy atom. The Morgan fingerprint density at radius 2 is 1.16 bits per heavy atom. The molecule has 1 aliphatic carbocycles. The van der Waals surface area contributed by atoms with Crippen molar-refractivity contribution in [2.24, 2.45) is 0 Å². The zero-order valence-electron chi connectivity index (χ0n) is 26.0. The monoisotopic (exact) mass is 624 g/mol. The standard InChI is InChI=1S/C43H24N6/c1-44-27-19-21-37-31(24-27)32-26-46-23-22-38(32)48(37)41-16-9-17-42(47-41)49-39-14-7-5-12-34(39)43(35-13-6-8-15-40(35)49)33-11-4-3-10-29(33)30-20-18-28(45-2)25-36(30)43/h3-26H. The van der Waals surface area contributed by atoms with E-state index in [2.05, 4.69) is 121 Å². The van der Waals surface area contributed by atoms with Gasteiger partial charge in [-0.15, -0.1) is 0 Å². The molecule has 5 aromatic carbocycles. The third kappa shape index (κ3) is 3.52. The van der Waals surface area contributed by atoms with Crippen LogP contribution >= 0.6 is 0 Å². The molecule has 0 bridgehead atoms. The van der Waals surface area contributed by atoms with Crippen molar-refractivity contribution in [3.8, 4) is 16.9 Å². The van der Waals surface area contributed by atoms with E-state index in [0.29, 0.717) is 11.4 Å². The van der Waals surface area contributed by atoms with Gasteiger partial charge >= 0.3 is 0 Å². The minimum atomic E-state index is -0.617. The van der Waals surface area contributed by atoms with Crippen molar-refractivity contribution in [3.05, 3.63) is 191 Å². The Balaban J connectivity index is 1.25. The van der Waals surface area contributed by atoms with Gasteiger partial charge in [-0.2, -0.15) is 0 Å². The summed E-state index contributed by atoms with van der Waals surface area (Å²) < 4.78 is 2.15. The second kappa shape index (κ2) is 9.99. The maximum absolute atomic E-state index is 7.89. The number of nitrogens with zero attached hydrogens (tertiary/aromatic N) is 6. The molecule has 6 nitrogen and oxygen atoms in total. The highest BCUT2D eigenvalue weighted by molar-refractivity contribution is 6.10. The van der Waals surface area contributed by atoms with Gasteiger partial charge in [0.2, 0.25) is 0 Å². The van der Waals surface area contributed by atoms with E-state index in [9.17, 15) is 0 Å². The molecule has 0 saturated carbocycles. The van der Waals surface area contributed by atoms with E-state index in [1.165, 1.54) is 11.1 Å². The molecule has 0 unspecified atom stereocenters. The molecule has 6 heteroatoms. The van der Waals surface area contributed by atoms with Crippen LogP contribution in [0.1, 0.15) is 22.3 Å². The first kappa shape index (κ1) is 27.1. The maximum atomic E-state index is 7.89. The Kier molecular flexibility index (Phi) is 5.53. The highest BCUT2D eigenvalue weighted by Crippen LogP contribution is 2.63. The number of rotatable bonds is 2. The summed E-state index contributed by atoms with van der Waals surface area (Å²) in [5.74, 6) is 1.56. The molecular formula is C43H24N6. The van der Waals surface area contributed by atoms with Crippen LogP contribution in [0.2, 0.25) is 0 Å². The van der Waals surface area contributed by atoms with Crippen LogP contribution in [0.25, 0.3) is 48.4 Å². The van der Waals surface area contributed by atoms with Crippen molar-refractivity contribution in [2.75, 3.05) is 4.90 Å². The van der Waals surface area contributed by atoms with Gasteiger partial charge in [0.25, 0.3) is 0 Å². The first-order chi connectivity index (χ1) is 24.2. The SMILES string of the molecule is [C-]#[N+]c1ccc2c(c1)C1(c3ccccc3-2)c2ccccc2N(c2cccc(-n3c4ccncc4c4cc([N+]#[C-])ccc43)n2)c2ccccc21. The molecule has 0 fully saturated rings. The molecule has 3 aromatic heterocycles. The van der Waals surface area contributed by atoms with Crippen molar-refractivity contribution in [3.63, 3.8) is 0 Å². The van der Waals surface area contributed by atoms with Gasteiger partial charge in [-0.1, -0.05) is 91.0 Å². The molecule has 0 saturated heterocycles. The molecule has 10 rings (SSSR count). The molecule has 226 valence electrons. The molecule has 0 radical (unpaired) electrons. The minimum Gasteiger partial charge on any atom is -0.294 e. The molecule has 2 aliphatic rings. The number of benzene rings is 5. The van der Waals surface area contributed by atoms with Crippen molar-refractivity contribution >= 4 is 50.4 Å². The van der Waals surface area contributed by atoms with Crippen LogP contribution < -0.4 is 4.90 Å². The molecule has 49 heavy (non-hydrogen) atoms.